The van der Waals surface area contributed by atoms with Gasteiger partial charge in [0.2, 0.25) is 0 Å². The Kier molecular flexibility index (Phi) is 2.60. The van der Waals surface area contributed by atoms with E-state index >= 15 is 0 Å². The number of hydrogen-bond donors (Lipinski definition) is 1. The van der Waals surface area contributed by atoms with Crippen LogP contribution in [0, 0.1) is 5.82 Å². The van der Waals surface area contributed by atoms with Crippen LogP contribution in [0.2, 0.25) is 0 Å². The average molecular weight is 180 g/mol. The first-order chi connectivity index (χ1) is 6.36. The zero-order valence-corrected chi connectivity index (χ0v) is 7.67. The molecule has 2 N–H and O–H groups in total. The molecule has 0 aromatic heterocycles. The predicted octanol–water partition coefficient (Wildman–Crippen LogP) is 1.09. The van der Waals surface area contributed by atoms with Crippen LogP contribution in [0.5, 0.6) is 0 Å². The van der Waals surface area contributed by atoms with E-state index in [9.17, 15) is 4.39 Å². The van der Waals surface area contributed by atoms with Gasteiger partial charge in [0.15, 0.2) is 0 Å². The van der Waals surface area contributed by atoms with Crippen molar-refractivity contribution < 1.29 is 9.71 Å². The number of benzene rings is 1. The first kappa shape index (κ1) is 8.70. The fraction of sp³-hybridized carbons (Fsp3) is 0.455. The van der Waals surface area contributed by atoms with Crippen LogP contribution in [0.25, 0.3) is 0 Å². The molecule has 1 heterocycles. The molecule has 1 atom stereocenters. The molecule has 0 unspecified atom stereocenters. The van der Waals surface area contributed by atoms with Crippen molar-refractivity contribution in [3.8, 4) is 0 Å². The lowest BCUT2D eigenvalue weighted by Crippen LogP contribution is -2.87. The van der Waals surface area contributed by atoms with Crippen LogP contribution in [0.15, 0.2) is 24.3 Å². The van der Waals surface area contributed by atoms with Gasteiger partial charge < -0.3 is 5.32 Å². The Morgan fingerprint density at radius 3 is 2.92 bits per heavy atom. The maximum Gasteiger partial charge on any atom is 0.126 e. The largest absolute Gasteiger partial charge is 0.344 e. The van der Waals surface area contributed by atoms with E-state index in [1.165, 1.54) is 19.4 Å². The van der Waals surface area contributed by atoms with Crippen LogP contribution < -0.4 is 5.32 Å². The third kappa shape index (κ3) is 2.07. The van der Waals surface area contributed by atoms with Gasteiger partial charge in [-0.1, -0.05) is 18.2 Å². The number of nitrogens with two attached hydrogens (primary N) is 1. The van der Waals surface area contributed by atoms with E-state index in [1.54, 1.807) is 12.1 Å². The zero-order valence-electron chi connectivity index (χ0n) is 7.67. The topological polar surface area (TPSA) is 16.6 Å². The molecule has 0 spiro atoms. The lowest BCUT2D eigenvalue weighted by Gasteiger charge is -2.07. The van der Waals surface area contributed by atoms with Gasteiger partial charge >= 0.3 is 0 Å². The SMILES string of the molecule is Fc1ccccc1C[C@H]1CCC[NH2+]1. The molecular formula is C11H15FN+. The van der Waals surface area contributed by atoms with E-state index in [1.807, 2.05) is 12.1 Å². The minimum atomic E-state index is -0.0530. The van der Waals surface area contributed by atoms with Crippen LogP contribution in [0.3, 0.4) is 0 Å². The molecule has 1 aromatic carbocycles. The second kappa shape index (κ2) is 3.88. The van der Waals surface area contributed by atoms with Crippen molar-refractivity contribution in [3.63, 3.8) is 0 Å². The Bertz CT molecular complexity index is 279. The van der Waals surface area contributed by atoms with Gasteiger partial charge in [-0.3, -0.25) is 0 Å². The Morgan fingerprint density at radius 2 is 2.23 bits per heavy atom. The third-order valence-corrected chi connectivity index (χ3v) is 2.72. The van der Waals surface area contributed by atoms with E-state index in [2.05, 4.69) is 5.32 Å². The van der Waals surface area contributed by atoms with Gasteiger partial charge in [0.05, 0.1) is 12.6 Å². The summed E-state index contributed by atoms with van der Waals surface area (Å²) in [5.41, 5.74) is 0.866. The zero-order chi connectivity index (χ0) is 9.10. The molecule has 2 heteroatoms. The molecule has 0 radical (unpaired) electrons. The van der Waals surface area contributed by atoms with Gasteiger partial charge in [-0.2, -0.15) is 0 Å². The van der Waals surface area contributed by atoms with Crippen LogP contribution in [-0.2, 0) is 6.42 Å². The highest BCUT2D eigenvalue weighted by Gasteiger charge is 2.19. The summed E-state index contributed by atoms with van der Waals surface area (Å²) in [6.07, 6.45) is 3.39. The number of quaternary nitrogens is 1. The van der Waals surface area contributed by atoms with E-state index < -0.39 is 0 Å². The summed E-state index contributed by atoms with van der Waals surface area (Å²) < 4.78 is 13.2. The normalized spacial score (nSPS) is 22.1. The molecule has 1 fully saturated rings. The monoisotopic (exact) mass is 180 g/mol. The van der Waals surface area contributed by atoms with E-state index in [0.29, 0.717) is 6.04 Å². The molecule has 70 valence electrons. The molecule has 13 heavy (non-hydrogen) atoms. The lowest BCUT2D eigenvalue weighted by molar-refractivity contribution is -0.669. The molecule has 2 rings (SSSR count). The van der Waals surface area contributed by atoms with E-state index in [-0.39, 0.29) is 5.82 Å². The number of hydrogen-bond acceptors (Lipinski definition) is 0. The highest BCUT2D eigenvalue weighted by molar-refractivity contribution is 5.17. The third-order valence-electron chi connectivity index (χ3n) is 2.72. The standard InChI is InChI=1S/C11H14FN/c12-11-6-2-1-4-9(11)8-10-5-3-7-13-10/h1-2,4,6,10,13H,3,5,7-8H2/p+1/t10-/m1/s1. The summed E-state index contributed by atoms with van der Waals surface area (Å²) in [4.78, 5) is 0. The van der Waals surface area contributed by atoms with Gasteiger partial charge in [-0.15, -0.1) is 0 Å². The molecule has 1 saturated heterocycles. The average Bonchev–Trinajstić information content (AvgIpc) is 2.61. The minimum absolute atomic E-state index is 0.0530. The number of halogens is 1. The van der Waals surface area contributed by atoms with Crippen molar-refractivity contribution in [2.75, 3.05) is 6.54 Å². The molecule has 0 amide bonds. The molecule has 0 bridgehead atoms. The van der Waals surface area contributed by atoms with Crippen LogP contribution in [0.1, 0.15) is 18.4 Å². The Balaban J connectivity index is 2.04. The highest BCUT2D eigenvalue weighted by Crippen LogP contribution is 2.11. The van der Waals surface area contributed by atoms with Gasteiger partial charge in [0, 0.05) is 19.3 Å². The molecular weight excluding hydrogens is 165 g/mol. The Hall–Kier alpha value is -0.890. The van der Waals surface area contributed by atoms with Crippen LogP contribution >= 0.6 is 0 Å². The molecule has 1 nitrogen and oxygen atoms in total. The Labute approximate surface area is 78.0 Å². The molecule has 0 aliphatic carbocycles. The molecule has 1 aliphatic rings. The first-order valence-electron chi connectivity index (χ1n) is 4.93. The van der Waals surface area contributed by atoms with Crippen LogP contribution in [0.4, 0.5) is 4.39 Å². The lowest BCUT2D eigenvalue weighted by atomic mass is 10.0. The Morgan fingerprint density at radius 1 is 1.38 bits per heavy atom. The summed E-state index contributed by atoms with van der Waals surface area (Å²) in [6, 6.07) is 7.70. The van der Waals surface area contributed by atoms with Crippen molar-refractivity contribution in [3.05, 3.63) is 35.6 Å². The predicted molar refractivity (Wildman–Crippen MR) is 49.9 cm³/mol. The van der Waals surface area contributed by atoms with Gasteiger partial charge in [-0.05, 0) is 11.6 Å². The smallest absolute Gasteiger partial charge is 0.126 e. The summed E-state index contributed by atoms with van der Waals surface area (Å²) in [5.74, 6) is -0.0530. The van der Waals surface area contributed by atoms with Gasteiger partial charge in [0.25, 0.3) is 0 Å². The van der Waals surface area contributed by atoms with E-state index in [0.717, 1.165) is 12.0 Å². The van der Waals surface area contributed by atoms with Crippen molar-refractivity contribution >= 4 is 0 Å². The maximum absolute atomic E-state index is 13.2. The second-order valence-electron chi connectivity index (χ2n) is 3.72. The molecule has 1 aliphatic heterocycles. The molecule has 0 saturated carbocycles. The maximum atomic E-state index is 13.2. The second-order valence-corrected chi connectivity index (χ2v) is 3.72. The van der Waals surface area contributed by atoms with E-state index in [4.69, 9.17) is 0 Å². The highest BCUT2D eigenvalue weighted by atomic mass is 19.1. The first-order valence-corrected chi connectivity index (χ1v) is 4.93. The fourth-order valence-corrected chi connectivity index (χ4v) is 1.98. The summed E-state index contributed by atoms with van der Waals surface area (Å²) >= 11 is 0. The van der Waals surface area contributed by atoms with Gasteiger partial charge in [-0.25, -0.2) is 4.39 Å². The summed E-state index contributed by atoms with van der Waals surface area (Å²) in [6.45, 7) is 1.21. The van der Waals surface area contributed by atoms with Crippen LogP contribution in [-0.4, -0.2) is 12.6 Å². The van der Waals surface area contributed by atoms with Crippen molar-refractivity contribution in [1.29, 1.82) is 0 Å². The summed E-state index contributed by atoms with van der Waals surface area (Å²) in [5, 5.41) is 2.33. The quantitative estimate of drug-likeness (QED) is 0.701. The number of rotatable bonds is 2. The van der Waals surface area contributed by atoms with Gasteiger partial charge in [0.1, 0.15) is 5.82 Å². The van der Waals surface area contributed by atoms with Crippen molar-refractivity contribution in [1.82, 2.24) is 0 Å². The van der Waals surface area contributed by atoms with Crippen molar-refractivity contribution in [2.24, 2.45) is 0 Å². The summed E-state index contributed by atoms with van der Waals surface area (Å²) in [7, 11) is 0. The minimum Gasteiger partial charge on any atom is -0.344 e. The van der Waals surface area contributed by atoms with Crippen molar-refractivity contribution in [2.45, 2.75) is 25.3 Å². The fourth-order valence-electron chi connectivity index (χ4n) is 1.98. The molecule has 1 aromatic rings.